The van der Waals surface area contributed by atoms with Gasteiger partial charge in [0.25, 0.3) is 0 Å². The van der Waals surface area contributed by atoms with Crippen molar-refractivity contribution < 1.29 is 0 Å². The molecule has 0 aliphatic carbocycles. The van der Waals surface area contributed by atoms with Crippen molar-refractivity contribution >= 4 is 24.3 Å². The topological polar surface area (TPSA) is 97.3 Å². The van der Waals surface area contributed by atoms with Gasteiger partial charge in [-0.1, -0.05) is 51.1 Å². The van der Waals surface area contributed by atoms with Crippen LogP contribution in [0.1, 0.15) is 59.1 Å². The lowest BCUT2D eigenvalue weighted by Crippen LogP contribution is -2.46. The zero-order valence-corrected chi connectivity index (χ0v) is 26.7. The number of anilines is 1. The molecule has 10 nitrogen and oxygen atoms in total. The molecule has 0 unspecified atom stereocenters. The summed E-state index contributed by atoms with van der Waals surface area (Å²) in [4.78, 5) is 15.0. The lowest BCUT2D eigenvalue weighted by atomic mass is 9.96. The second-order valence-electron chi connectivity index (χ2n) is 11.6. The Bertz CT molecular complexity index is 1520. The molecule has 0 atom stereocenters. The Morgan fingerprint density at radius 1 is 1.07 bits per heavy atom. The van der Waals surface area contributed by atoms with Crippen LogP contribution in [0.2, 0.25) is 0 Å². The molecule has 3 aromatic heterocycles. The van der Waals surface area contributed by atoms with Crippen molar-refractivity contribution in [1.29, 1.82) is 0 Å². The highest BCUT2D eigenvalue weighted by Gasteiger charge is 2.25. The van der Waals surface area contributed by atoms with Crippen LogP contribution in [0.3, 0.4) is 0 Å². The quantitative estimate of drug-likeness (QED) is 0.228. The van der Waals surface area contributed by atoms with Crippen LogP contribution >= 0.6 is 0 Å². The minimum absolute atomic E-state index is 0. The molecular weight excluding hydrogens is 548 g/mol. The van der Waals surface area contributed by atoms with E-state index in [4.69, 9.17) is 15.9 Å². The molecule has 10 heteroatoms. The first kappa shape index (κ1) is 34.5. The number of fused-ring (bicyclic) bond motifs is 1. The van der Waals surface area contributed by atoms with Crippen molar-refractivity contribution in [1.82, 2.24) is 29.1 Å². The van der Waals surface area contributed by atoms with E-state index in [1.165, 1.54) is 16.7 Å². The number of nitrogens with zero attached hydrogens (tertiary/aromatic N) is 9. The maximum atomic E-state index is 5.40. The molecule has 0 bridgehead atoms. The molecule has 4 aromatic rings. The third-order valence-corrected chi connectivity index (χ3v) is 8.47. The number of hydrogen-bond acceptors (Lipinski definition) is 7. The molecule has 1 aliphatic heterocycles. The molecule has 1 saturated heterocycles. The third kappa shape index (κ3) is 8.12. The maximum absolute atomic E-state index is 5.40. The number of aliphatic imine (C=N–C) groups is 2. The minimum Gasteiger partial charge on any atom is -0.351 e. The number of hydrogen-bond donors (Lipinski definition) is 1. The molecule has 1 aromatic carbocycles. The average Bonchev–Trinajstić information content (AvgIpc) is 3.75. The van der Waals surface area contributed by atoms with Crippen LogP contribution in [0, 0.1) is 6.92 Å². The highest BCUT2D eigenvalue weighted by molar-refractivity contribution is 5.78. The molecule has 4 heterocycles. The highest BCUT2D eigenvalue weighted by Crippen LogP contribution is 2.31. The minimum atomic E-state index is 0. The molecule has 0 saturated carbocycles. The zero-order chi connectivity index (χ0) is 31.0. The summed E-state index contributed by atoms with van der Waals surface area (Å²) in [6, 6.07) is 10.5. The van der Waals surface area contributed by atoms with Gasteiger partial charge in [0.15, 0.2) is 5.82 Å². The SMILES string of the molecule is C.C=N/C=C(C)\C=N/CN1CCN(c2nn(C)n3cc(-c4cnn(C(C)(CC)CC)c4)cc23)CC1.Cc1ccc(CN)cc1. The first-order chi connectivity index (χ1) is 20.7. The summed E-state index contributed by atoms with van der Waals surface area (Å²) >= 11 is 0. The van der Waals surface area contributed by atoms with Crippen molar-refractivity contribution in [2.24, 2.45) is 22.8 Å². The number of rotatable bonds is 10. The molecule has 0 amide bonds. The Morgan fingerprint density at radius 2 is 1.75 bits per heavy atom. The van der Waals surface area contributed by atoms with E-state index in [0.717, 1.165) is 61.5 Å². The second-order valence-corrected chi connectivity index (χ2v) is 11.6. The molecule has 44 heavy (non-hydrogen) atoms. The second kappa shape index (κ2) is 15.6. The van der Waals surface area contributed by atoms with Crippen molar-refractivity contribution in [3.05, 3.63) is 71.8 Å². The summed E-state index contributed by atoms with van der Waals surface area (Å²) in [6.07, 6.45) is 12.0. The van der Waals surface area contributed by atoms with E-state index < -0.39 is 0 Å². The summed E-state index contributed by atoms with van der Waals surface area (Å²) in [6.45, 7) is 19.3. The number of aryl methyl sites for hydroxylation is 2. The Labute approximate surface area is 263 Å². The molecule has 1 fully saturated rings. The van der Waals surface area contributed by atoms with Crippen LogP contribution in [0.15, 0.2) is 70.7 Å². The number of allylic oxidation sites excluding steroid dienone is 1. The summed E-state index contributed by atoms with van der Waals surface area (Å²) in [5, 5.41) is 9.52. The van der Waals surface area contributed by atoms with Crippen LogP contribution < -0.4 is 10.6 Å². The highest BCUT2D eigenvalue weighted by atomic mass is 15.5. The van der Waals surface area contributed by atoms with Gasteiger partial charge in [0, 0.05) is 75.7 Å². The summed E-state index contributed by atoms with van der Waals surface area (Å²) in [5.74, 6) is 1.03. The number of nitrogens with two attached hydrogens (primary N) is 1. The smallest absolute Gasteiger partial charge is 0.176 e. The number of benzene rings is 1. The van der Waals surface area contributed by atoms with Crippen molar-refractivity contribution in [3.63, 3.8) is 0 Å². The van der Waals surface area contributed by atoms with Gasteiger partial charge in [0.2, 0.25) is 0 Å². The van der Waals surface area contributed by atoms with Crippen molar-refractivity contribution in [2.75, 3.05) is 37.7 Å². The number of aromatic nitrogens is 5. The predicted molar refractivity (Wildman–Crippen MR) is 186 cm³/mol. The van der Waals surface area contributed by atoms with Crippen LogP contribution in [-0.4, -0.2) is 74.9 Å². The fraction of sp³-hybridized carbons (Fsp3) is 0.471. The van der Waals surface area contributed by atoms with E-state index in [-0.39, 0.29) is 13.0 Å². The van der Waals surface area contributed by atoms with Crippen molar-refractivity contribution in [2.45, 2.75) is 67.0 Å². The van der Waals surface area contributed by atoms with E-state index >= 15 is 0 Å². The van der Waals surface area contributed by atoms with Gasteiger partial charge in [-0.15, -0.1) is 5.10 Å². The average molecular weight is 601 g/mol. The van der Waals surface area contributed by atoms with Crippen LogP contribution in [0.4, 0.5) is 5.82 Å². The lowest BCUT2D eigenvalue weighted by molar-refractivity contribution is 0.265. The van der Waals surface area contributed by atoms with Gasteiger partial charge in [-0.05, 0) is 57.5 Å². The third-order valence-electron chi connectivity index (χ3n) is 8.47. The summed E-state index contributed by atoms with van der Waals surface area (Å²) in [5.41, 5.74) is 12.4. The summed E-state index contributed by atoms with van der Waals surface area (Å²) in [7, 11) is 1.99. The Balaban J connectivity index is 0.000000455. The fourth-order valence-electron chi connectivity index (χ4n) is 5.12. The molecule has 0 spiro atoms. The fourth-order valence-corrected chi connectivity index (χ4v) is 5.12. The predicted octanol–water partition coefficient (Wildman–Crippen LogP) is 5.92. The summed E-state index contributed by atoms with van der Waals surface area (Å²) < 4.78 is 4.25. The van der Waals surface area contributed by atoms with E-state index in [1.807, 2.05) is 31.2 Å². The van der Waals surface area contributed by atoms with Crippen LogP contribution in [-0.2, 0) is 19.1 Å². The molecule has 1 aliphatic rings. The van der Waals surface area contributed by atoms with E-state index in [2.05, 4.69) is 106 Å². The molecule has 0 radical (unpaired) electrons. The van der Waals surface area contributed by atoms with Gasteiger partial charge >= 0.3 is 0 Å². The van der Waals surface area contributed by atoms with Crippen molar-refractivity contribution in [3.8, 4) is 11.1 Å². The van der Waals surface area contributed by atoms with Gasteiger partial charge in [-0.3, -0.25) is 19.6 Å². The van der Waals surface area contributed by atoms with E-state index in [0.29, 0.717) is 13.2 Å². The first-order valence-corrected chi connectivity index (χ1v) is 15.2. The van der Waals surface area contributed by atoms with E-state index in [9.17, 15) is 0 Å². The zero-order valence-electron chi connectivity index (χ0n) is 26.7. The number of piperazine rings is 1. The normalized spacial score (nSPS) is 14.5. The molecule has 5 rings (SSSR count). The Morgan fingerprint density at radius 3 is 2.36 bits per heavy atom. The van der Waals surface area contributed by atoms with Crippen LogP contribution in [0.5, 0.6) is 0 Å². The largest absolute Gasteiger partial charge is 0.351 e. The molecule has 238 valence electrons. The molecular formula is C34H52N10. The maximum Gasteiger partial charge on any atom is 0.176 e. The Hall–Kier alpha value is -4.02. The lowest BCUT2D eigenvalue weighted by Gasteiger charge is -2.33. The van der Waals surface area contributed by atoms with Gasteiger partial charge < -0.3 is 10.6 Å². The standard InChI is InChI=1S/C25H37N9.C8H11N.CH4/c1-7-25(4,8-2)34-18-22(16-28-34)21-13-23-24(29-30(6)33(23)17-21)32-11-9-31(10-12-32)19-27-15-20(3)14-26-5;1-7-2-4-8(6-9)5-3-7;/h13-18H,5,7-12,19H2,1-4,6H3;2-5H,6,9H2,1H3;1H4/b20-14-,27-15-;;. The van der Waals surface area contributed by atoms with Gasteiger partial charge in [-0.2, -0.15) is 5.10 Å². The van der Waals surface area contributed by atoms with Gasteiger partial charge in [0.1, 0.15) is 5.52 Å². The Kier molecular flexibility index (Phi) is 12.2. The van der Waals surface area contributed by atoms with Gasteiger partial charge in [0.05, 0.1) is 18.4 Å². The monoisotopic (exact) mass is 600 g/mol. The van der Waals surface area contributed by atoms with E-state index in [1.54, 1.807) is 6.20 Å². The molecule has 2 N–H and O–H groups in total. The van der Waals surface area contributed by atoms with Gasteiger partial charge in [-0.25, -0.2) is 9.31 Å². The first-order valence-electron chi connectivity index (χ1n) is 15.2. The van der Waals surface area contributed by atoms with Crippen LogP contribution in [0.25, 0.3) is 16.6 Å².